The summed E-state index contributed by atoms with van der Waals surface area (Å²) in [5.41, 5.74) is 0.742. The molecule has 2 heterocycles. The van der Waals surface area contributed by atoms with Crippen LogP contribution in [0.2, 0.25) is 0 Å². The van der Waals surface area contributed by atoms with Gasteiger partial charge in [-0.25, -0.2) is 13.4 Å². The minimum absolute atomic E-state index is 0.144. The fourth-order valence-electron chi connectivity index (χ4n) is 1.62. The molecular formula is C11H15N5O2S. The largest absolute Gasteiger partial charge is 0.373 e. The van der Waals surface area contributed by atoms with Crippen molar-refractivity contribution in [3.8, 4) is 0 Å². The second kappa shape index (κ2) is 4.88. The van der Waals surface area contributed by atoms with Crippen LogP contribution in [-0.2, 0) is 17.1 Å². The topological polar surface area (TPSA) is 88.9 Å². The van der Waals surface area contributed by atoms with Crippen LogP contribution in [0.1, 0.15) is 5.69 Å². The molecule has 8 heteroatoms. The molecule has 0 aliphatic heterocycles. The Bertz CT molecular complexity index is 693. The second-order valence-electron chi connectivity index (χ2n) is 4.03. The van der Waals surface area contributed by atoms with Crippen LogP contribution >= 0.6 is 0 Å². The maximum atomic E-state index is 12.2. The molecule has 7 nitrogen and oxygen atoms in total. The Morgan fingerprint density at radius 2 is 2.05 bits per heavy atom. The van der Waals surface area contributed by atoms with Crippen molar-refractivity contribution in [1.82, 2.24) is 14.8 Å². The summed E-state index contributed by atoms with van der Waals surface area (Å²) in [6.07, 6.45) is 1.44. The number of rotatable bonds is 4. The Labute approximate surface area is 111 Å². The number of hydrogen-bond donors (Lipinski definition) is 2. The summed E-state index contributed by atoms with van der Waals surface area (Å²) >= 11 is 0. The first-order chi connectivity index (χ1) is 8.92. The minimum Gasteiger partial charge on any atom is -0.373 e. The third kappa shape index (κ3) is 2.84. The van der Waals surface area contributed by atoms with Gasteiger partial charge in [0.05, 0.1) is 10.6 Å². The van der Waals surface area contributed by atoms with Crippen LogP contribution in [-0.4, -0.2) is 30.2 Å². The fraction of sp³-hybridized carbons (Fsp3) is 0.273. The third-order valence-electron chi connectivity index (χ3n) is 2.54. The summed E-state index contributed by atoms with van der Waals surface area (Å²) in [7, 11) is -0.292. The van der Waals surface area contributed by atoms with Gasteiger partial charge in [-0.3, -0.25) is 9.40 Å². The number of nitrogens with one attached hydrogen (secondary N) is 2. The first-order valence-corrected chi connectivity index (χ1v) is 7.08. The lowest BCUT2D eigenvalue weighted by atomic mass is 10.5. The van der Waals surface area contributed by atoms with E-state index in [2.05, 4.69) is 20.1 Å². The monoisotopic (exact) mass is 281 g/mol. The number of anilines is 2. The van der Waals surface area contributed by atoms with Crippen molar-refractivity contribution in [2.24, 2.45) is 7.05 Å². The van der Waals surface area contributed by atoms with Gasteiger partial charge in [-0.15, -0.1) is 0 Å². The van der Waals surface area contributed by atoms with Gasteiger partial charge < -0.3 is 5.32 Å². The van der Waals surface area contributed by atoms with Crippen LogP contribution in [0.25, 0.3) is 0 Å². The van der Waals surface area contributed by atoms with Crippen molar-refractivity contribution in [3.05, 3.63) is 30.1 Å². The highest BCUT2D eigenvalue weighted by Gasteiger charge is 2.17. The number of nitrogens with zero attached hydrogens (tertiary/aromatic N) is 3. The molecule has 0 fully saturated rings. The van der Waals surface area contributed by atoms with Crippen molar-refractivity contribution in [2.45, 2.75) is 11.8 Å². The van der Waals surface area contributed by atoms with Crippen molar-refractivity contribution >= 4 is 21.7 Å². The van der Waals surface area contributed by atoms with Gasteiger partial charge in [0, 0.05) is 32.4 Å². The van der Waals surface area contributed by atoms with Gasteiger partial charge in [0.2, 0.25) is 0 Å². The number of aromatic nitrogens is 3. The average molecular weight is 281 g/mol. The van der Waals surface area contributed by atoms with Crippen LogP contribution in [0.4, 0.5) is 11.6 Å². The molecule has 0 saturated heterocycles. The molecule has 0 amide bonds. The van der Waals surface area contributed by atoms with Gasteiger partial charge in [-0.2, -0.15) is 5.10 Å². The number of hydrogen-bond acceptors (Lipinski definition) is 5. The van der Waals surface area contributed by atoms with Crippen LogP contribution in [0.5, 0.6) is 0 Å². The Balaban J connectivity index is 2.34. The first-order valence-electron chi connectivity index (χ1n) is 5.59. The lowest BCUT2D eigenvalue weighted by Crippen LogP contribution is -2.15. The Hall–Kier alpha value is -2.09. The lowest BCUT2D eigenvalue weighted by Gasteiger charge is -2.08. The Morgan fingerprint density at radius 3 is 2.63 bits per heavy atom. The lowest BCUT2D eigenvalue weighted by molar-refractivity contribution is 0.600. The SMILES string of the molecule is CNc1cc(S(=O)(=O)Nc2cc(C)nn2C)ccn1. The molecule has 0 aliphatic rings. The molecule has 0 atom stereocenters. The summed E-state index contributed by atoms with van der Waals surface area (Å²) in [6, 6.07) is 4.57. The summed E-state index contributed by atoms with van der Waals surface area (Å²) < 4.78 is 28.4. The molecular weight excluding hydrogens is 266 g/mol. The highest BCUT2D eigenvalue weighted by Crippen LogP contribution is 2.17. The highest BCUT2D eigenvalue weighted by atomic mass is 32.2. The van der Waals surface area contributed by atoms with Gasteiger partial charge in [0.15, 0.2) is 0 Å². The number of aryl methyl sites for hydroxylation is 2. The number of pyridine rings is 1. The van der Waals surface area contributed by atoms with E-state index in [1.807, 2.05) is 0 Å². The molecule has 2 aromatic heterocycles. The molecule has 0 radical (unpaired) electrons. The zero-order valence-electron chi connectivity index (χ0n) is 10.9. The van der Waals surface area contributed by atoms with Gasteiger partial charge in [0.25, 0.3) is 10.0 Å². The van der Waals surface area contributed by atoms with Gasteiger partial charge in [0.1, 0.15) is 11.6 Å². The second-order valence-corrected chi connectivity index (χ2v) is 5.71. The smallest absolute Gasteiger partial charge is 0.263 e. The average Bonchev–Trinajstić information content (AvgIpc) is 2.67. The first kappa shape index (κ1) is 13.3. The fourth-order valence-corrected chi connectivity index (χ4v) is 2.71. The minimum atomic E-state index is -3.65. The predicted octanol–water partition coefficient (Wildman–Crippen LogP) is 0.966. The standard InChI is InChI=1S/C11H15N5O2S/c1-8-6-11(16(3)14-8)15-19(17,18)9-4-5-13-10(7-9)12-2/h4-7,15H,1-3H3,(H,12,13). The van der Waals surface area contributed by atoms with Crippen molar-refractivity contribution in [3.63, 3.8) is 0 Å². The van der Waals surface area contributed by atoms with Gasteiger partial charge in [-0.1, -0.05) is 0 Å². The molecule has 2 aromatic rings. The van der Waals surface area contributed by atoms with Crippen molar-refractivity contribution < 1.29 is 8.42 Å². The molecule has 2 N–H and O–H groups in total. The third-order valence-corrected chi connectivity index (χ3v) is 3.89. The summed E-state index contributed by atoms with van der Waals surface area (Å²) in [6.45, 7) is 1.79. The summed E-state index contributed by atoms with van der Waals surface area (Å²) in [5, 5.41) is 6.89. The zero-order chi connectivity index (χ0) is 14.0. The van der Waals surface area contributed by atoms with E-state index in [1.165, 1.54) is 23.0 Å². The van der Waals surface area contributed by atoms with Gasteiger partial charge in [-0.05, 0) is 13.0 Å². The Morgan fingerprint density at radius 1 is 1.32 bits per heavy atom. The molecule has 19 heavy (non-hydrogen) atoms. The van der Waals surface area contributed by atoms with E-state index in [1.54, 1.807) is 27.1 Å². The zero-order valence-corrected chi connectivity index (χ0v) is 11.7. The van der Waals surface area contributed by atoms with Crippen molar-refractivity contribution in [1.29, 1.82) is 0 Å². The molecule has 0 saturated carbocycles. The molecule has 0 aromatic carbocycles. The number of sulfonamides is 1. The van der Waals surface area contributed by atoms with E-state index in [0.717, 1.165) is 5.69 Å². The van der Waals surface area contributed by atoms with E-state index >= 15 is 0 Å². The van der Waals surface area contributed by atoms with E-state index in [4.69, 9.17) is 0 Å². The molecule has 2 rings (SSSR count). The van der Waals surface area contributed by atoms with E-state index < -0.39 is 10.0 Å². The van der Waals surface area contributed by atoms with Gasteiger partial charge >= 0.3 is 0 Å². The van der Waals surface area contributed by atoms with Crippen LogP contribution in [0, 0.1) is 6.92 Å². The van der Waals surface area contributed by atoms with Crippen LogP contribution in [0.3, 0.4) is 0 Å². The van der Waals surface area contributed by atoms with Crippen LogP contribution < -0.4 is 10.0 Å². The quantitative estimate of drug-likeness (QED) is 0.871. The normalized spacial score (nSPS) is 11.3. The maximum Gasteiger partial charge on any atom is 0.263 e. The molecule has 0 bridgehead atoms. The Kier molecular flexibility index (Phi) is 3.43. The molecule has 0 aliphatic carbocycles. The highest BCUT2D eigenvalue weighted by molar-refractivity contribution is 7.92. The van der Waals surface area contributed by atoms with E-state index in [-0.39, 0.29) is 4.90 Å². The summed E-state index contributed by atoms with van der Waals surface area (Å²) in [5.74, 6) is 0.907. The maximum absolute atomic E-state index is 12.2. The predicted molar refractivity (Wildman–Crippen MR) is 72.5 cm³/mol. The molecule has 0 unspecified atom stereocenters. The van der Waals surface area contributed by atoms with E-state index in [9.17, 15) is 8.42 Å². The van der Waals surface area contributed by atoms with E-state index in [0.29, 0.717) is 11.6 Å². The van der Waals surface area contributed by atoms with Crippen molar-refractivity contribution in [2.75, 3.05) is 17.1 Å². The summed E-state index contributed by atoms with van der Waals surface area (Å²) in [4.78, 5) is 4.12. The molecule has 0 spiro atoms. The molecule has 102 valence electrons. The van der Waals surface area contributed by atoms with Crippen LogP contribution in [0.15, 0.2) is 29.3 Å².